The second kappa shape index (κ2) is 6.57. The first-order valence-corrected chi connectivity index (χ1v) is 8.68. The van der Waals surface area contributed by atoms with Crippen molar-refractivity contribution in [1.29, 1.82) is 0 Å². The Bertz CT molecular complexity index is 724. The van der Waals surface area contributed by atoms with Gasteiger partial charge in [0, 0.05) is 22.8 Å². The number of aryl methyl sites for hydroxylation is 1. The Balaban J connectivity index is 2.15. The molecule has 0 amide bonds. The van der Waals surface area contributed by atoms with Gasteiger partial charge in [0.15, 0.2) is 0 Å². The van der Waals surface area contributed by atoms with Crippen LogP contribution in [-0.4, -0.2) is 15.5 Å². The molecule has 1 aromatic carbocycles. The lowest BCUT2D eigenvalue weighted by Gasteiger charge is -2.07. The van der Waals surface area contributed by atoms with Gasteiger partial charge in [-0.05, 0) is 30.7 Å². The Kier molecular flexibility index (Phi) is 5.00. The summed E-state index contributed by atoms with van der Waals surface area (Å²) in [7, 11) is -1.96. The molecule has 0 bridgehead atoms. The number of methoxy groups -OCH3 is 1. The Morgan fingerprint density at radius 2 is 2.10 bits per heavy atom. The summed E-state index contributed by atoms with van der Waals surface area (Å²) in [5.41, 5.74) is 6.39. The number of hydrogen-bond donors (Lipinski definition) is 2. The van der Waals surface area contributed by atoms with Crippen LogP contribution in [0.2, 0.25) is 0 Å². The van der Waals surface area contributed by atoms with Crippen LogP contribution in [-0.2, 0) is 23.1 Å². The lowest BCUT2D eigenvalue weighted by Crippen LogP contribution is -2.23. The van der Waals surface area contributed by atoms with Crippen LogP contribution in [0.5, 0.6) is 5.75 Å². The van der Waals surface area contributed by atoms with E-state index in [1.807, 2.05) is 18.2 Å². The summed E-state index contributed by atoms with van der Waals surface area (Å²) in [6.45, 7) is 2.34. The number of sulfonamides is 1. The molecule has 0 aliphatic carbocycles. The van der Waals surface area contributed by atoms with Crippen LogP contribution in [0.25, 0.3) is 0 Å². The van der Waals surface area contributed by atoms with Gasteiger partial charge in [-0.15, -0.1) is 11.3 Å². The van der Waals surface area contributed by atoms with E-state index in [9.17, 15) is 8.42 Å². The van der Waals surface area contributed by atoms with E-state index < -0.39 is 10.0 Å². The van der Waals surface area contributed by atoms with Gasteiger partial charge in [0.25, 0.3) is 0 Å². The van der Waals surface area contributed by atoms with Gasteiger partial charge in [-0.3, -0.25) is 0 Å². The maximum Gasteiger partial charge on any atom is 0.241 e. The molecule has 0 saturated carbocycles. The fourth-order valence-electron chi connectivity index (χ4n) is 1.93. The van der Waals surface area contributed by atoms with Crippen molar-refractivity contribution in [1.82, 2.24) is 4.72 Å². The lowest BCUT2D eigenvalue weighted by molar-refractivity contribution is 0.414. The Morgan fingerprint density at radius 1 is 1.33 bits per heavy atom. The highest BCUT2D eigenvalue weighted by Gasteiger charge is 2.19. The van der Waals surface area contributed by atoms with E-state index in [4.69, 9.17) is 10.5 Å². The maximum atomic E-state index is 12.3. The summed E-state index contributed by atoms with van der Waals surface area (Å²) in [4.78, 5) is 1.90. The molecule has 1 aromatic heterocycles. The third kappa shape index (κ3) is 3.82. The molecule has 114 valence electrons. The monoisotopic (exact) mass is 326 g/mol. The largest absolute Gasteiger partial charge is 0.497 e. The third-order valence-electron chi connectivity index (χ3n) is 3.01. The molecule has 21 heavy (non-hydrogen) atoms. The number of rotatable bonds is 6. The van der Waals surface area contributed by atoms with E-state index in [0.717, 1.165) is 15.3 Å². The second-order valence-corrected chi connectivity index (χ2v) is 7.59. The zero-order valence-electron chi connectivity index (χ0n) is 11.9. The van der Waals surface area contributed by atoms with Gasteiger partial charge in [0.1, 0.15) is 5.75 Å². The normalized spacial score (nSPS) is 11.6. The van der Waals surface area contributed by atoms with Gasteiger partial charge in [-0.2, -0.15) is 0 Å². The number of nitrogens with two attached hydrogens (primary N) is 1. The summed E-state index contributed by atoms with van der Waals surface area (Å²) in [6, 6.07) is 8.92. The van der Waals surface area contributed by atoms with Crippen molar-refractivity contribution in [2.45, 2.75) is 24.9 Å². The fourth-order valence-corrected chi connectivity index (χ4v) is 4.46. The van der Waals surface area contributed by atoms with Gasteiger partial charge >= 0.3 is 0 Å². The number of nitrogens with one attached hydrogen (secondary N) is 1. The van der Waals surface area contributed by atoms with E-state index in [-0.39, 0.29) is 6.54 Å². The minimum absolute atomic E-state index is 0.215. The molecule has 0 unspecified atom stereocenters. The lowest BCUT2D eigenvalue weighted by atomic mass is 10.2. The Morgan fingerprint density at radius 3 is 2.71 bits per heavy atom. The van der Waals surface area contributed by atoms with Crippen LogP contribution in [0.4, 0.5) is 0 Å². The predicted octanol–water partition coefficient (Wildman–Crippen LogP) is 2.00. The molecule has 0 aliphatic heterocycles. The van der Waals surface area contributed by atoms with Crippen molar-refractivity contribution >= 4 is 21.4 Å². The zero-order chi connectivity index (χ0) is 15.5. The molecule has 0 fully saturated rings. The smallest absolute Gasteiger partial charge is 0.241 e. The predicted molar refractivity (Wildman–Crippen MR) is 84.0 cm³/mol. The molecule has 0 saturated heterocycles. The summed E-state index contributed by atoms with van der Waals surface area (Å²) in [6.07, 6.45) is 0. The van der Waals surface area contributed by atoms with Gasteiger partial charge < -0.3 is 10.5 Å². The van der Waals surface area contributed by atoms with Gasteiger partial charge in [-0.1, -0.05) is 12.1 Å². The molecule has 2 aromatic rings. The van der Waals surface area contributed by atoms with Crippen LogP contribution in [0.3, 0.4) is 0 Å². The highest BCUT2D eigenvalue weighted by atomic mass is 32.2. The summed E-state index contributed by atoms with van der Waals surface area (Å²) in [5, 5.41) is 0. The summed E-state index contributed by atoms with van der Waals surface area (Å²) in [5.74, 6) is 0.698. The minimum atomic E-state index is -3.53. The molecule has 3 N–H and O–H groups in total. The van der Waals surface area contributed by atoms with E-state index in [0.29, 0.717) is 17.2 Å². The Hall–Kier alpha value is -1.41. The highest BCUT2D eigenvalue weighted by molar-refractivity contribution is 7.89. The average Bonchev–Trinajstić information content (AvgIpc) is 2.87. The standard InChI is InChI=1S/C14H18N2O3S2/c1-10-14(7-13(8-15)20-10)21(17,18)16-9-11-4-3-5-12(6-11)19-2/h3-7,16H,8-9,15H2,1-2H3. The van der Waals surface area contributed by atoms with E-state index in [2.05, 4.69) is 4.72 Å². The third-order valence-corrected chi connectivity index (χ3v) is 5.74. The molecule has 2 rings (SSSR count). The number of hydrogen-bond acceptors (Lipinski definition) is 5. The molecule has 7 heteroatoms. The molecule has 1 heterocycles. The summed E-state index contributed by atoms with van der Waals surface area (Å²) >= 11 is 1.40. The van der Waals surface area contributed by atoms with Crippen LogP contribution < -0.4 is 15.2 Å². The van der Waals surface area contributed by atoms with Crippen LogP contribution in [0.15, 0.2) is 35.2 Å². The van der Waals surface area contributed by atoms with Crippen molar-refractivity contribution in [3.63, 3.8) is 0 Å². The van der Waals surface area contributed by atoms with E-state index >= 15 is 0 Å². The average molecular weight is 326 g/mol. The molecule has 0 spiro atoms. The molecule has 0 aliphatic rings. The molecule has 0 radical (unpaired) electrons. The zero-order valence-corrected chi connectivity index (χ0v) is 13.6. The number of thiophene rings is 1. The quantitative estimate of drug-likeness (QED) is 0.851. The molecule has 0 atom stereocenters. The SMILES string of the molecule is COc1cccc(CNS(=O)(=O)c2cc(CN)sc2C)c1. The second-order valence-electron chi connectivity index (χ2n) is 4.51. The first-order valence-electron chi connectivity index (χ1n) is 6.38. The van der Waals surface area contributed by atoms with Crippen molar-refractivity contribution < 1.29 is 13.2 Å². The maximum absolute atomic E-state index is 12.3. The first kappa shape index (κ1) is 16.0. The number of benzene rings is 1. The highest BCUT2D eigenvalue weighted by Crippen LogP contribution is 2.25. The van der Waals surface area contributed by atoms with Crippen molar-refractivity contribution in [3.8, 4) is 5.75 Å². The molecular weight excluding hydrogens is 308 g/mol. The van der Waals surface area contributed by atoms with Gasteiger partial charge in [0.05, 0.1) is 12.0 Å². The topological polar surface area (TPSA) is 81.4 Å². The fraction of sp³-hybridized carbons (Fsp3) is 0.286. The number of ether oxygens (including phenoxy) is 1. The first-order chi connectivity index (χ1) is 9.96. The van der Waals surface area contributed by atoms with E-state index in [1.165, 1.54) is 11.3 Å². The van der Waals surface area contributed by atoms with Crippen LogP contribution in [0, 0.1) is 6.92 Å². The van der Waals surface area contributed by atoms with Crippen molar-refractivity contribution in [2.24, 2.45) is 5.73 Å². The van der Waals surface area contributed by atoms with Crippen LogP contribution in [0.1, 0.15) is 15.3 Å². The van der Waals surface area contributed by atoms with Gasteiger partial charge in [-0.25, -0.2) is 13.1 Å². The van der Waals surface area contributed by atoms with Crippen molar-refractivity contribution in [2.75, 3.05) is 7.11 Å². The molecule has 5 nitrogen and oxygen atoms in total. The molecular formula is C14H18N2O3S2. The summed E-state index contributed by atoms with van der Waals surface area (Å²) < 4.78 is 32.4. The minimum Gasteiger partial charge on any atom is -0.497 e. The van der Waals surface area contributed by atoms with Crippen LogP contribution >= 0.6 is 11.3 Å². The van der Waals surface area contributed by atoms with E-state index in [1.54, 1.807) is 26.2 Å². The van der Waals surface area contributed by atoms with Gasteiger partial charge in [0.2, 0.25) is 10.0 Å². The Labute approximate surface area is 128 Å². The van der Waals surface area contributed by atoms with Crippen molar-refractivity contribution in [3.05, 3.63) is 45.6 Å².